The van der Waals surface area contributed by atoms with Crippen LogP contribution >= 0.6 is 11.3 Å². The van der Waals surface area contributed by atoms with Gasteiger partial charge in [0.15, 0.2) is 0 Å². The maximum absolute atomic E-state index is 12.2. The third-order valence-electron chi connectivity index (χ3n) is 3.49. The van der Waals surface area contributed by atoms with Gasteiger partial charge in [-0.25, -0.2) is 9.78 Å². The molecule has 130 valence electrons. The Morgan fingerprint density at radius 2 is 2.08 bits per heavy atom. The van der Waals surface area contributed by atoms with Crippen molar-refractivity contribution in [3.63, 3.8) is 0 Å². The van der Waals surface area contributed by atoms with Crippen molar-refractivity contribution in [1.29, 1.82) is 0 Å². The van der Waals surface area contributed by atoms with E-state index in [1.807, 2.05) is 26.0 Å². The average molecular weight is 359 g/mol. The van der Waals surface area contributed by atoms with E-state index in [4.69, 9.17) is 9.47 Å². The van der Waals surface area contributed by atoms with E-state index >= 15 is 0 Å². The van der Waals surface area contributed by atoms with Gasteiger partial charge in [0.2, 0.25) is 4.96 Å². The summed E-state index contributed by atoms with van der Waals surface area (Å²) in [6.45, 7) is 4.56. The Labute approximate surface area is 147 Å². The minimum Gasteiger partial charge on any atom is -0.456 e. The van der Waals surface area contributed by atoms with Gasteiger partial charge in [-0.2, -0.15) is 9.61 Å². The van der Waals surface area contributed by atoms with E-state index < -0.39 is 5.97 Å². The number of aryl methyl sites for hydroxylation is 1. The number of rotatable bonds is 6. The maximum atomic E-state index is 12.2. The van der Waals surface area contributed by atoms with Crippen LogP contribution in [-0.2, 0) is 22.7 Å². The number of aromatic nitrogens is 3. The molecule has 0 amide bonds. The van der Waals surface area contributed by atoms with Crippen molar-refractivity contribution in [3.05, 3.63) is 62.5 Å². The molecular formula is C17H17N3O4S. The van der Waals surface area contributed by atoms with E-state index in [1.165, 1.54) is 21.9 Å². The second kappa shape index (κ2) is 7.54. The molecule has 0 aliphatic heterocycles. The molecule has 8 heteroatoms. The van der Waals surface area contributed by atoms with Gasteiger partial charge >= 0.3 is 5.97 Å². The third-order valence-corrected chi connectivity index (χ3v) is 4.37. The fraction of sp³-hybridized carbons (Fsp3) is 0.294. The molecule has 3 rings (SSSR count). The SMILES string of the molecule is CCOCc1nn2c(=O)cc(COC(=O)c3ccccc3C)nc2s1. The van der Waals surface area contributed by atoms with Crippen LogP contribution in [-0.4, -0.2) is 27.2 Å². The molecule has 2 aromatic heterocycles. The monoisotopic (exact) mass is 359 g/mol. The van der Waals surface area contributed by atoms with Crippen LogP contribution in [0.5, 0.6) is 0 Å². The lowest BCUT2D eigenvalue weighted by atomic mass is 10.1. The van der Waals surface area contributed by atoms with Crippen molar-refractivity contribution in [3.8, 4) is 0 Å². The molecule has 0 saturated heterocycles. The summed E-state index contributed by atoms with van der Waals surface area (Å²) >= 11 is 1.27. The van der Waals surface area contributed by atoms with Crippen molar-refractivity contribution in [2.45, 2.75) is 27.1 Å². The van der Waals surface area contributed by atoms with Crippen molar-refractivity contribution in [1.82, 2.24) is 14.6 Å². The highest BCUT2D eigenvalue weighted by molar-refractivity contribution is 7.16. The molecule has 0 fully saturated rings. The zero-order valence-electron chi connectivity index (χ0n) is 13.9. The molecule has 7 nitrogen and oxygen atoms in total. The van der Waals surface area contributed by atoms with Gasteiger partial charge in [-0.3, -0.25) is 4.79 Å². The van der Waals surface area contributed by atoms with E-state index in [9.17, 15) is 9.59 Å². The van der Waals surface area contributed by atoms with Crippen LogP contribution in [0.1, 0.15) is 33.5 Å². The van der Waals surface area contributed by atoms with Gasteiger partial charge in [0.05, 0.1) is 11.3 Å². The summed E-state index contributed by atoms with van der Waals surface area (Å²) in [5.74, 6) is -0.443. The van der Waals surface area contributed by atoms with Gasteiger partial charge in [-0.15, -0.1) is 0 Å². The smallest absolute Gasteiger partial charge is 0.338 e. The van der Waals surface area contributed by atoms with E-state index in [0.29, 0.717) is 34.4 Å². The van der Waals surface area contributed by atoms with Gasteiger partial charge in [0, 0.05) is 12.7 Å². The third kappa shape index (κ3) is 3.92. The van der Waals surface area contributed by atoms with Gasteiger partial charge in [-0.05, 0) is 25.5 Å². The van der Waals surface area contributed by atoms with Crippen LogP contribution in [0.4, 0.5) is 0 Å². The van der Waals surface area contributed by atoms with Crippen LogP contribution < -0.4 is 5.56 Å². The molecule has 0 aliphatic carbocycles. The van der Waals surface area contributed by atoms with Crippen LogP contribution in [0, 0.1) is 6.92 Å². The summed E-state index contributed by atoms with van der Waals surface area (Å²) in [6.07, 6.45) is 0. The molecule has 2 heterocycles. The number of benzene rings is 1. The fourth-order valence-corrected chi connectivity index (χ4v) is 3.09. The molecule has 0 saturated carbocycles. The number of nitrogens with zero attached hydrogens (tertiary/aromatic N) is 3. The zero-order chi connectivity index (χ0) is 17.8. The first-order valence-electron chi connectivity index (χ1n) is 7.77. The molecule has 0 N–H and O–H groups in total. The number of carbonyl (C=O) groups excluding carboxylic acids is 1. The van der Waals surface area contributed by atoms with Crippen LogP contribution in [0.15, 0.2) is 35.1 Å². The second-order valence-corrected chi connectivity index (χ2v) is 6.34. The number of esters is 1. The summed E-state index contributed by atoms with van der Waals surface area (Å²) in [5, 5.41) is 4.84. The number of carbonyl (C=O) groups is 1. The summed E-state index contributed by atoms with van der Waals surface area (Å²) in [5.41, 5.74) is 1.40. The van der Waals surface area contributed by atoms with Gasteiger partial charge in [-0.1, -0.05) is 29.5 Å². The highest BCUT2D eigenvalue weighted by Crippen LogP contribution is 2.14. The molecule has 0 bridgehead atoms. The molecule has 0 spiro atoms. The molecule has 0 unspecified atom stereocenters. The first kappa shape index (κ1) is 17.2. The van der Waals surface area contributed by atoms with Crippen molar-refractivity contribution >= 4 is 22.3 Å². The van der Waals surface area contributed by atoms with Crippen LogP contribution in [0.25, 0.3) is 4.96 Å². The summed E-state index contributed by atoms with van der Waals surface area (Å²) in [6, 6.07) is 8.49. The highest BCUT2D eigenvalue weighted by Gasteiger charge is 2.13. The minimum absolute atomic E-state index is 0.0718. The van der Waals surface area contributed by atoms with E-state index in [0.717, 1.165) is 5.56 Å². The van der Waals surface area contributed by atoms with E-state index in [1.54, 1.807) is 12.1 Å². The molecular weight excluding hydrogens is 342 g/mol. The average Bonchev–Trinajstić information content (AvgIpc) is 3.02. The molecule has 3 aromatic rings. The predicted molar refractivity (Wildman–Crippen MR) is 92.8 cm³/mol. The number of fused-ring (bicyclic) bond motifs is 1. The number of hydrogen-bond acceptors (Lipinski definition) is 7. The Bertz CT molecular complexity index is 964. The van der Waals surface area contributed by atoms with E-state index in [2.05, 4.69) is 10.1 Å². The Hall–Kier alpha value is -2.58. The largest absolute Gasteiger partial charge is 0.456 e. The Kier molecular flexibility index (Phi) is 5.20. The van der Waals surface area contributed by atoms with Gasteiger partial charge in [0.25, 0.3) is 5.56 Å². The first-order chi connectivity index (χ1) is 12.1. The Morgan fingerprint density at radius 3 is 2.84 bits per heavy atom. The van der Waals surface area contributed by atoms with Crippen molar-refractivity contribution < 1.29 is 14.3 Å². The molecule has 0 radical (unpaired) electrons. The maximum Gasteiger partial charge on any atom is 0.338 e. The highest BCUT2D eigenvalue weighted by atomic mass is 32.1. The van der Waals surface area contributed by atoms with Crippen molar-refractivity contribution in [2.24, 2.45) is 0 Å². The summed E-state index contributed by atoms with van der Waals surface area (Å²) < 4.78 is 11.8. The zero-order valence-corrected chi connectivity index (χ0v) is 14.7. The van der Waals surface area contributed by atoms with Crippen molar-refractivity contribution in [2.75, 3.05) is 6.61 Å². The quantitative estimate of drug-likeness (QED) is 0.628. The van der Waals surface area contributed by atoms with E-state index in [-0.39, 0.29) is 12.2 Å². The lowest BCUT2D eigenvalue weighted by molar-refractivity contribution is 0.0467. The Balaban J connectivity index is 1.76. The normalized spacial score (nSPS) is 11.0. The first-order valence-corrected chi connectivity index (χ1v) is 8.59. The lowest BCUT2D eigenvalue weighted by Gasteiger charge is -2.06. The molecule has 25 heavy (non-hydrogen) atoms. The fourth-order valence-electron chi connectivity index (χ4n) is 2.24. The number of hydrogen-bond donors (Lipinski definition) is 0. The van der Waals surface area contributed by atoms with Gasteiger partial charge < -0.3 is 9.47 Å². The van der Waals surface area contributed by atoms with Gasteiger partial charge in [0.1, 0.15) is 18.2 Å². The van der Waals surface area contributed by atoms with Crippen LogP contribution in [0.2, 0.25) is 0 Å². The lowest BCUT2D eigenvalue weighted by Crippen LogP contribution is -2.17. The standard InChI is InChI=1S/C17H17N3O4S/c1-3-23-10-14-19-20-15(21)8-12(18-17(20)25-14)9-24-16(22)13-7-5-4-6-11(13)2/h4-8H,3,9-10H2,1-2H3. The molecule has 0 aliphatic rings. The predicted octanol–water partition coefficient (Wildman–Crippen LogP) is 2.35. The minimum atomic E-state index is -0.443. The second-order valence-electron chi connectivity index (χ2n) is 5.30. The topological polar surface area (TPSA) is 82.8 Å². The summed E-state index contributed by atoms with van der Waals surface area (Å²) in [7, 11) is 0. The number of ether oxygens (including phenoxy) is 2. The molecule has 1 aromatic carbocycles. The van der Waals surface area contributed by atoms with Crippen LogP contribution in [0.3, 0.4) is 0 Å². The summed E-state index contributed by atoms with van der Waals surface area (Å²) in [4.78, 5) is 29.1. The molecule has 0 atom stereocenters. The Morgan fingerprint density at radius 1 is 1.28 bits per heavy atom.